The minimum Gasteiger partial charge on any atom is -0.434 e. The lowest BCUT2D eigenvalue weighted by Gasteiger charge is -2.15. The van der Waals surface area contributed by atoms with Crippen molar-refractivity contribution in [2.75, 3.05) is 5.32 Å². The predicted octanol–water partition coefficient (Wildman–Crippen LogP) is 3.99. The second kappa shape index (κ2) is 4.80. The van der Waals surface area contributed by atoms with Crippen molar-refractivity contribution in [2.45, 2.75) is 12.4 Å². The first kappa shape index (κ1) is 13.5. The van der Waals surface area contributed by atoms with Crippen LogP contribution in [-0.4, -0.2) is 5.97 Å². The number of rotatable bonds is 2. The maximum atomic E-state index is 12.7. The van der Waals surface area contributed by atoms with E-state index in [1.54, 1.807) is 24.3 Å². The van der Waals surface area contributed by atoms with Gasteiger partial charge in [-0.1, -0.05) is 24.3 Å². The van der Waals surface area contributed by atoms with Crippen LogP contribution in [0.1, 0.15) is 27.7 Å². The standard InChI is InChI=1S/C15H10F3NO2/c16-15(17,18)9-4-3-5-10(8-9)19-13-11-6-1-2-7-12(11)14(20)21-13/h1-8,13,19H/t13-/m1/s1. The molecule has 21 heavy (non-hydrogen) atoms. The summed E-state index contributed by atoms with van der Waals surface area (Å²) in [6.07, 6.45) is -5.20. The number of hydrogen-bond donors (Lipinski definition) is 1. The lowest BCUT2D eigenvalue weighted by molar-refractivity contribution is -0.137. The number of halogens is 3. The first-order valence-corrected chi connectivity index (χ1v) is 6.19. The Balaban J connectivity index is 1.87. The van der Waals surface area contributed by atoms with Crippen molar-refractivity contribution >= 4 is 11.7 Å². The zero-order chi connectivity index (χ0) is 15.0. The molecular weight excluding hydrogens is 283 g/mol. The zero-order valence-electron chi connectivity index (χ0n) is 10.6. The van der Waals surface area contributed by atoms with Gasteiger partial charge in [0.1, 0.15) is 0 Å². The molecule has 0 aliphatic carbocycles. The third-order valence-electron chi connectivity index (χ3n) is 3.18. The maximum absolute atomic E-state index is 12.7. The van der Waals surface area contributed by atoms with Gasteiger partial charge in [0.25, 0.3) is 0 Å². The van der Waals surface area contributed by atoms with Crippen molar-refractivity contribution in [3.63, 3.8) is 0 Å². The normalized spacial score (nSPS) is 17.3. The molecule has 1 heterocycles. The number of carbonyl (C=O) groups is 1. The molecule has 1 N–H and O–H groups in total. The van der Waals surface area contributed by atoms with E-state index in [0.29, 0.717) is 11.1 Å². The molecule has 0 spiro atoms. The Morgan fingerprint density at radius 1 is 1.05 bits per heavy atom. The van der Waals surface area contributed by atoms with Crippen LogP contribution in [0.2, 0.25) is 0 Å². The number of carbonyl (C=O) groups excluding carboxylic acids is 1. The van der Waals surface area contributed by atoms with Crippen LogP contribution < -0.4 is 5.32 Å². The van der Waals surface area contributed by atoms with Crippen molar-refractivity contribution in [1.82, 2.24) is 0 Å². The van der Waals surface area contributed by atoms with Crippen LogP contribution in [0, 0.1) is 0 Å². The van der Waals surface area contributed by atoms with Crippen LogP contribution in [-0.2, 0) is 10.9 Å². The largest absolute Gasteiger partial charge is 0.434 e. The molecule has 3 rings (SSSR count). The molecule has 2 aromatic rings. The van der Waals surface area contributed by atoms with Crippen molar-refractivity contribution in [3.8, 4) is 0 Å². The molecule has 0 unspecified atom stereocenters. The Morgan fingerprint density at radius 2 is 1.81 bits per heavy atom. The Labute approximate surface area is 118 Å². The molecule has 0 aromatic heterocycles. The zero-order valence-corrected chi connectivity index (χ0v) is 10.6. The van der Waals surface area contributed by atoms with Crippen molar-refractivity contribution in [3.05, 3.63) is 65.2 Å². The quantitative estimate of drug-likeness (QED) is 0.851. The minimum atomic E-state index is -4.41. The fraction of sp³-hybridized carbons (Fsp3) is 0.133. The molecule has 0 fully saturated rings. The van der Waals surface area contributed by atoms with Gasteiger partial charge in [0, 0.05) is 11.3 Å². The first-order chi connectivity index (χ1) is 9.95. The molecule has 2 aromatic carbocycles. The summed E-state index contributed by atoms with van der Waals surface area (Å²) in [5.74, 6) is -0.491. The first-order valence-electron chi connectivity index (χ1n) is 6.19. The number of benzene rings is 2. The van der Waals surface area contributed by atoms with Gasteiger partial charge in [0.15, 0.2) is 0 Å². The molecule has 3 nitrogen and oxygen atoms in total. The smallest absolute Gasteiger partial charge is 0.416 e. The van der Waals surface area contributed by atoms with Crippen LogP contribution in [0.5, 0.6) is 0 Å². The summed E-state index contributed by atoms with van der Waals surface area (Å²) in [5, 5.41) is 2.80. The van der Waals surface area contributed by atoms with Gasteiger partial charge in [-0.2, -0.15) is 13.2 Å². The van der Waals surface area contributed by atoms with Gasteiger partial charge in [-0.25, -0.2) is 4.79 Å². The van der Waals surface area contributed by atoms with E-state index in [9.17, 15) is 18.0 Å². The molecule has 1 atom stereocenters. The Kier molecular flexibility index (Phi) is 3.08. The van der Waals surface area contributed by atoms with Crippen LogP contribution in [0.15, 0.2) is 48.5 Å². The van der Waals surface area contributed by atoms with E-state index in [1.807, 2.05) is 0 Å². The highest BCUT2D eigenvalue weighted by Gasteiger charge is 2.32. The molecular formula is C15H10F3NO2. The van der Waals surface area contributed by atoms with Crippen LogP contribution in [0.4, 0.5) is 18.9 Å². The van der Waals surface area contributed by atoms with Gasteiger partial charge < -0.3 is 10.1 Å². The van der Waals surface area contributed by atoms with Crippen LogP contribution >= 0.6 is 0 Å². The monoisotopic (exact) mass is 293 g/mol. The van der Waals surface area contributed by atoms with E-state index < -0.39 is 23.9 Å². The number of alkyl halides is 3. The second-order valence-corrected chi connectivity index (χ2v) is 4.60. The highest BCUT2D eigenvalue weighted by Crippen LogP contribution is 2.34. The predicted molar refractivity (Wildman–Crippen MR) is 69.7 cm³/mol. The van der Waals surface area contributed by atoms with E-state index in [2.05, 4.69) is 5.32 Å². The average Bonchev–Trinajstić information content (AvgIpc) is 2.76. The fourth-order valence-corrected chi connectivity index (χ4v) is 2.19. The number of hydrogen-bond acceptors (Lipinski definition) is 3. The van der Waals surface area contributed by atoms with Crippen LogP contribution in [0.25, 0.3) is 0 Å². The molecule has 1 aliphatic rings. The number of cyclic esters (lactones) is 1. The van der Waals surface area contributed by atoms with E-state index in [0.717, 1.165) is 12.1 Å². The number of fused-ring (bicyclic) bond motifs is 1. The maximum Gasteiger partial charge on any atom is 0.416 e. The van der Waals surface area contributed by atoms with Gasteiger partial charge >= 0.3 is 12.1 Å². The summed E-state index contributed by atoms with van der Waals surface area (Å²) in [4.78, 5) is 11.7. The van der Waals surface area contributed by atoms with Gasteiger partial charge in [0.05, 0.1) is 11.1 Å². The third-order valence-corrected chi connectivity index (χ3v) is 3.18. The molecule has 0 saturated carbocycles. The Morgan fingerprint density at radius 3 is 2.57 bits per heavy atom. The summed E-state index contributed by atoms with van der Waals surface area (Å²) < 4.78 is 43.1. The summed E-state index contributed by atoms with van der Waals surface area (Å²) in [7, 11) is 0. The number of esters is 1. The van der Waals surface area contributed by atoms with E-state index in [4.69, 9.17) is 4.74 Å². The van der Waals surface area contributed by atoms with E-state index in [-0.39, 0.29) is 5.69 Å². The molecule has 0 amide bonds. The summed E-state index contributed by atoms with van der Waals surface area (Å²) in [6.45, 7) is 0. The molecule has 108 valence electrons. The summed E-state index contributed by atoms with van der Waals surface area (Å²) >= 11 is 0. The molecule has 0 saturated heterocycles. The lowest BCUT2D eigenvalue weighted by Crippen LogP contribution is -2.11. The van der Waals surface area contributed by atoms with Gasteiger partial charge in [-0.3, -0.25) is 0 Å². The van der Waals surface area contributed by atoms with Crippen LogP contribution in [0.3, 0.4) is 0 Å². The van der Waals surface area contributed by atoms with E-state index >= 15 is 0 Å². The van der Waals surface area contributed by atoms with Crippen molar-refractivity contribution in [2.24, 2.45) is 0 Å². The fourth-order valence-electron chi connectivity index (χ4n) is 2.19. The number of anilines is 1. The topological polar surface area (TPSA) is 38.3 Å². The SMILES string of the molecule is O=C1O[C@@H](Nc2cccc(C(F)(F)F)c2)c2ccccc21. The third kappa shape index (κ3) is 2.56. The van der Waals surface area contributed by atoms with Gasteiger partial charge in [0.2, 0.25) is 6.23 Å². The average molecular weight is 293 g/mol. The minimum absolute atomic E-state index is 0.235. The summed E-state index contributed by atoms with van der Waals surface area (Å²) in [5.41, 5.74) is 0.506. The Hall–Kier alpha value is -2.50. The van der Waals surface area contributed by atoms with Crippen molar-refractivity contribution < 1.29 is 22.7 Å². The number of ether oxygens (including phenoxy) is 1. The van der Waals surface area contributed by atoms with Gasteiger partial charge in [-0.05, 0) is 24.3 Å². The highest BCUT2D eigenvalue weighted by molar-refractivity contribution is 5.94. The van der Waals surface area contributed by atoms with Crippen molar-refractivity contribution in [1.29, 1.82) is 0 Å². The molecule has 0 radical (unpaired) electrons. The molecule has 0 bridgehead atoms. The summed E-state index contributed by atoms with van der Waals surface area (Å²) in [6, 6.07) is 11.5. The molecule has 1 aliphatic heterocycles. The van der Waals surface area contributed by atoms with Gasteiger partial charge in [-0.15, -0.1) is 0 Å². The number of nitrogens with one attached hydrogen (secondary N) is 1. The highest BCUT2D eigenvalue weighted by atomic mass is 19.4. The second-order valence-electron chi connectivity index (χ2n) is 4.60. The Bertz CT molecular complexity index is 697. The lowest BCUT2D eigenvalue weighted by atomic mass is 10.1. The molecule has 6 heteroatoms. The van der Waals surface area contributed by atoms with E-state index in [1.165, 1.54) is 12.1 Å².